The van der Waals surface area contributed by atoms with Crippen LogP contribution in [0.2, 0.25) is 0 Å². The molecule has 86 heavy (non-hydrogen) atoms. The van der Waals surface area contributed by atoms with Crippen molar-refractivity contribution in [3.8, 4) is 0 Å². The number of phosphoric ester groups is 3. The fourth-order valence-corrected chi connectivity index (χ4v) is 10.5. The first kappa shape index (κ1) is 95.8. The van der Waals surface area contributed by atoms with E-state index in [-0.39, 0.29) is 54.5 Å². The molecular weight excluding hydrogens is 1190 g/mol. The normalized spacial score (nSPS) is 13.0. The summed E-state index contributed by atoms with van der Waals surface area (Å²) in [4.78, 5) is 61.7. The van der Waals surface area contributed by atoms with Gasteiger partial charge in [0.1, 0.15) is 18.3 Å². The van der Waals surface area contributed by atoms with E-state index in [0.717, 1.165) is 56.3 Å². The van der Waals surface area contributed by atoms with Crippen molar-refractivity contribution in [3.63, 3.8) is 0 Å². The predicted molar refractivity (Wildman–Crippen MR) is 341 cm³/mol. The van der Waals surface area contributed by atoms with Crippen molar-refractivity contribution in [2.24, 2.45) is 17.8 Å². The summed E-state index contributed by atoms with van der Waals surface area (Å²) in [6.07, 6.45) is 51.3. The Bertz CT molecular complexity index is 1300. The third-order valence-electron chi connectivity index (χ3n) is 14.4. The van der Waals surface area contributed by atoms with Gasteiger partial charge < -0.3 is 86.2 Å². The molecule has 0 aromatic heterocycles. The van der Waals surface area contributed by atoms with Crippen LogP contribution in [0.25, 0.3) is 0 Å². The molecule has 3 unspecified atom stereocenters. The van der Waals surface area contributed by atoms with Crippen LogP contribution in [0.15, 0.2) is 0 Å². The van der Waals surface area contributed by atoms with Crippen LogP contribution in [0, 0.1) is 17.8 Å². The monoisotopic (exact) mass is 1320 g/mol. The van der Waals surface area contributed by atoms with E-state index in [9.17, 15) is 58.4 Å². The maximum absolute atomic E-state index is 10.3. The molecule has 0 saturated carbocycles. The van der Waals surface area contributed by atoms with Crippen LogP contribution in [0.1, 0.15) is 311 Å². The largest absolute Gasteiger partial charge is 3.00 e. The zero-order valence-electron chi connectivity index (χ0n) is 55.5. The fourth-order valence-electron chi connectivity index (χ4n) is 9.44. The average molecular weight is 1320 g/mol. The minimum Gasteiger partial charge on any atom is -0.790 e. The van der Waals surface area contributed by atoms with Crippen LogP contribution in [-0.4, -0.2) is 128 Å². The molecule has 3 atom stereocenters. The first-order valence-corrected chi connectivity index (χ1v) is 38.1. The third-order valence-corrected chi connectivity index (χ3v) is 15.8. The molecule has 0 rings (SSSR count). The van der Waals surface area contributed by atoms with Gasteiger partial charge in [-0.3, -0.25) is 0 Å². The second-order valence-electron chi connectivity index (χ2n) is 24.8. The van der Waals surface area contributed by atoms with Gasteiger partial charge in [-0.25, -0.2) is 0 Å². The van der Waals surface area contributed by atoms with Crippen molar-refractivity contribution >= 4 is 58.2 Å². The number of aliphatic hydroxyl groups excluding tert-OH is 3. The molecule has 0 heterocycles. The number of hydrogen-bond donors (Lipinski definition) is 3. The first-order chi connectivity index (χ1) is 39.9. The minimum atomic E-state index is -5.01. The molecule has 0 spiro atoms. The Hall–Kier alpha value is 1.15. The summed E-state index contributed by atoms with van der Waals surface area (Å²) in [5, 5.41) is 28.2. The van der Waals surface area contributed by atoms with E-state index < -0.39 is 61.6 Å². The maximum Gasteiger partial charge on any atom is 3.00 e. The molecule has 0 aliphatic heterocycles. The molecule has 0 aliphatic rings. The van der Waals surface area contributed by atoms with E-state index in [1.807, 2.05) is 0 Å². The summed E-state index contributed by atoms with van der Waals surface area (Å²) in [5.41, 5.74) is 0. The Kier molecular flexibility index (Phi) is 78.5. The number of unbranched alkanes of at least 4 members (excludes halogenated alkanes) is 36. The van der Waals surface area contributed by atoms with Crippen molar-refractivity contribution in [1.82, 2.24) is 0 Å². The quantitative estimate of drug-likeness (QED) is 0.0289. The Morgan fingerprint density at radius 3 is 0.535 bits per heavy atom. The van der Waals surface area contributed by atoms with Gasteiger partial charge in [-0.2, -0.15) is 0 Å². The summed E-state index contributed by atoms with van der Waals surface area (Å²) in [6.45, 7) is 13.7. The summed E-state index contributed by atoms with van der Waals surface area (Å²) in [6, 6.07) is 0. The molecule has 0 aromatic carbocycles. The molecule has 0 aliphatic carbocycles. The number of aliphatic hydroxyl groups is 3. The number of phosphoric acid groups is 3. The fraction of sp³-hybridized carbons (Fsp3) is 1.00. The number of ether oxygens (including phenoxy) is 3. The van der Waals surface area contributed by atoms with E-state index in [4.69, 9.17) is 14.2 Å². The summed E-state index contributed by atoms with van der Waals surface area (Å²) >= 11 is 0. The van der Waals surface area contributed by atoms with E-state index in [2.05, 4.69) is 55.1 Å². The summed E-state index contributed by atoms with van der Waals surface area (Å²) in [7, 11) is -15.0. The standard InChI is InChI=1S/3C21H45O6P.2Al/c3*1-20(2)16-14-12-10-8-6-4-3-5-7-9-11-13-15-17-26-18-21(22)19-27-28(23,24)25;;/h3*20-22H,3-19H2,1-2H3,(H2,23,24,25);;/q;;;2*+3/p-6. The van der Waals surface area contributed by atoms with Crippen LogP contribution in [0.5, 0.6) is 0 Å². The van der Waals surface area contributed by atoms with Crippen LogP contribution in [0.3, 0.4) is 0 Å². The van der Waals surface area contributed by atoms with Gasteiger partial charge in [-0.05, 0) is 37.0 Å². The first-order valence-electron chi connectivity index (χ1n) is 33.7. The van der Waals surface area contributed by atoms with Gasteiger partial charge in [0, 0.05) is 19.8 Å². The number of rotatable bonds is 63. The third kappa shape index (κ3) is 96.3. The topological polar surface area (TPSA) is 306 Å². The SMILES string of the molecule is CC(C)CCCCCCCCCCCCCCCOCC(O)COP(=O)([O-])[O-].CC(C)CCCCCCCCCCCCCCCOCC(O)COP(=O)([O-])[O-].CC(C)CCCCCCCCCCCCCCCOCC(O)COP(=O)([O-])[O-].[Al+3].[Al+3]. The second-order valence-corrected chi connectivity index (χ2v) is 28.2. The van der Waals surface area contributed by atoms with Gasteiger partial charge in [0.15, 0.2) is 0 Å². The number of hydrogen-bond acceptors (Lipinski definition) is 18. The molecule has 3 N–H and O–H groups in total. The van der Waals surface area contributed by atoms with E-state index >= 15 is 0 Å². The molecule has 0 saturated heterocycles. The van der Waals surface area contributed by atoms with Crippen LogP contribution >= 0.6 is 23.5 Å². The summed E-state index contributed by atoms with van der Waals surface area (Å²) in [5.74, 6) is 2.54. The van der Waals surface area contributed by atoms with Gasteiger partial charge in [-0.15, -0.1) is 0 Å². The van der Waals surface area contributed by atoms with E-state index in [1.54, 1.807) is 0 Å². The molecule has 510 valence electrons. The molecule has 18 nitrogen and oxygen atoms in total. The molecule has 23 heteroatoms. The smallest absolute Gasteiger partial charge is 0.790 e. The van der Waals surface area contributed by atoms with Crippen LogP contribution in [0.4, 0.5) is 0 Å². The zero-order chi connectivity index (χ0) is 63.3. The minimum absolute atomic E-state index is 0. The maximum atomic E-state index is 10.3. The van der Waals surface area contributed by atoms with Crippen molar-refractivity contribution in [2.75, 3.05) is 59.5 Å². The van der Waals surface area contributed by atoms with E-state index in [0.29, 0.717) is 19.8 Å². The van der Waals surface area contributed by atoms with Gasteiger partial charge in [0.25, 0.3) is 0 Å². The Morgan fingerprint density at radius 2 is 0.395 bits per heavy atom. The molecule has 0 radical (unpaired) electrons. The predicted octanol–water partition coefficient (Wildman–Crippen LogP) is 12.2. The van der Waals surface area contributed by atoms with Gasteiger partial charge in [0.05, 0.1) is 63.1 Å². The van der Waals surface area contributed by atoms with Crippen LogP contribution in [-0.2, 0) is 41.5 Å². The Balaban J connectivity index is -0.000000377. The second kappa shape index (κ2) is 70.5. The van der Waals surface area contributed by atoms with Crippen molar-refractivity contribution in [3.05, 3.63) is 0 Å². The van der Waals surface area contributed by atoms with Crippen molar-refractivity contribution in [1.29, 1.82) is 0 Å². The van der Waals surface area contributed by atoms with Crippen molar-refractivity contribution in [2.45, 2.75) is 330 Å². The van der Waals surface area contributed by atoms with Crippen LogP contribution < -0.4 is 29.4 Å². The van der Waals surface area contributed by atoms with Gasteiger partial charge >= 0.3 is 34.7 Å². The average Bonchev–Trinajstić information content (AvgIpc) is 3.52. The molecular formula is C63H129Al2O18P3. The Labute approximate surface area is 548 Å². The summed E-state index contributed by atoms with van der Waals surface area (Å²) < 4.78 is 58.6. The molecule has 0 bridgehead atoms. The molecule has 0 aromatic rings. The van der Waals surface area contributed by atoms with Gasteiger partial charge in [0.2, 0.25) is 0 Å². The van der Waals surface area contributed by atoms with Crippen molar-refractivity contribution < 1.29 is 86.2 Å². The molecule has 0 fully saturated rings. The zero-order valence-corrected chi connectivity index (χ0v) is 60.5. The molecule has 0 amide bonds. The Morgan fingerprint density at radius 1 is 0.256 bits per heavy atom. The van der Waals surface area contributed by atoms with E-state index in [1.165, 1.54) is 231 Å². The van der Waals surface area contributed by atoms with Gasteiger partial charge in [-0.1, -0.05) is 292 Å².